The van der Waals surface area contributed by atoms with Crippen molar-refractivity contribution in [3.8, 4) is 0 Å². The lowest BCUT2D eigenvalue weighted by Gasteiger charge is -2.13. The van der Waals surface area contributed by atoms with Crippen molar-refractivity contribution < 1.29 is 19.4 Å². The first-order valence-corrected chi connectivity index (χ1v) is 7.10. The minimum atomic E-state index is -2.07. The Labute approximate surface area is 107 Å². The Balaban J connectivity index is 2.50. The molecule has 2 atom stereocenters. The molecule has 0 radical (unpaired) electrons. The molecule has 0 saturated heterocycles. The van der Waals surface area contributed by atoms with E-state index in [4.69, 9.17) is 10.00 Å². The van der Waals surface area contributed by atoms with E-state index in [2.05, 4.69) is 5.32 Å². The summed E-state index contributed by atoms with van der Waals surface area (Å²) in [7, 11) is -2.07. The van der Waals surface area contributed by atoms with Gasteiger partial charge in [0.2, 0.25) is 0 Å². The molecule has 5 nitrogen and oxygen atoms in total. The predicted molar refractivity (Wildman–Crippen MR) is 69.1 cm³/mol. The average molecular weight is 270 g/mol. The molecule has 98 valence electrons. The first kappa shape index (κ1) is 14.8. The number of carboxylic acid groups (broad SMARTS) is 1. The highest BCUT2D eigenvalue weighted by Gasteiger charge is 2.11. The molecule has 6 heteroatoms. The van der Waals surface area contributed by atoms with E-state index in [0.717, 1.165) is 5.56 Å². The normalized spacial score (nSPS) is 13.1. The van der Waals surface area contributed by atoms with Gasteiger partial charge in [0.1, 0.15) is 0 Å². The maximum atomic E-state index is 10.8. The third-order valence-electron chi connectivity index (χ3n) is 2.61. The second kappa shape index (κ2) is 7.21. The van der Waals surface area contributed by atoms with Crippen molar-refractivity contribution in [2.24, 2.45) is 0 Å². The van der Waals surface area contributed by atoms with Crippen molar-refractivity contribution >= 4 is 14.0 Å². The van der Waals surface area contributed by atoms with E-state index in [0.29, 0.717) is 13.0 Å². The van der Waals surface area contributed by atoms with Gasteiger partial charge in [-0.3, -0.25) is 0 Å². The molecule has 18 heavy (non-hydrogen) atoms. The molecule has 0 heterocycles. The number of carboxylic acids is 1. The molecule has 0 amide bonds. The monoisotopic (exact) mass is 270 g/mol. The van der Waals surface area contributed by atoms with E-state index >= 15 is 0 Å². The third kappa shape index (κ3) is 4.92. The van der Waals surface area contributed by atoms with Gasteiger partial charge in [0.15, 0.2) is 6.16 Å². The Hall–Kier alpha value is -1.29. The lowest BCUT2D eigenvalue weighted by atomic mass is 10.1. The van der Waals surface area contributed by atoms with Crippen LogP contribution in [-0.4, -0.2) is 28.7 Å². The SMILES string of the molecule is CC(NCCC[P+](=O)O)c1cccc(C(=O)O)c1. The molecule has 0 spiro atoms. The Morgan fingerprint density at radius 2 is 2.22 bits per heavy atom. The first-order valence-electron chi connectivity index (χ1n) is 5.71. The van der Waals surface area contributed by atoms with E-state index in [1.54, 1.807) is 18.2 Å². The van der Waals surface area contributed by atoms with Gasteiger partial charge < -0.3 is 10.4 Å². The van der Waals surface area contributed by atoms with Crippen LogP contribution in [0.2, 0.25) is 0 Å². The number of nitrogens with one attached hydrogen (secondary N) is 1. The maximum Gasteiger partial charge on any atom is 0.505 e. The van der Waals surface area contributed by atoms with Crippen molar-refractivity contribution in [1.82, 2.24) is 5.32 Å². The number of rotatable bonds is 7. The Kier molecular flexibility index (Phi) is 5.92. The number of hydrogen-bond donors (Lipinski definition) is 3. The summed E-state index contributed by atoms with van der Waals surface area (Å²) in [4.78, 5) is 19.5. The summed E-state index contributed by atoms with van der Waals surface area (Å²) in [6.07, 6.45) is 0.902. The summed E-state index contributed by atoms with van der Waals surface area (Å²) < 4.78 is 10.5. The first-order chi connectivity index (χ1) is 8.50. The molecule has 1 rings (SSSR count). The molecule has 0 fully saturated rings. The summed E-state index contributed by atoms with van der Waals surface area (Å²) in [5.74, 6) is -0.943. The highest BCUT2D eigenvalue weighted by atomic mass is 31.1. The van der Waals surface area contributed by atoms with Crippen LogP contribution in [0.1, 0.15) is 35.3 Å². The lowest BCUT2D eigenvalue weighted by molar-refractivity contribution is 0.0696. The van der Waals surface area contributed by atoms with Crippen molar-refractivity contribution in [1.29, 1.82) is 0 Å². The minimum Gasteiger partial charge on any atom is -0.478 e. The molecule has 0 bridgehead atoms. The summed E-state index contributed by atoms with van der Waals surface area (Å²) >= 11 is 0. The number of aromatic carboxylic acids is 1. The fourth-order valence-electron chi connectivity index (χ4n) is 1.59. The van der Waals surface area contributed by atoms with Gasteiger partial charge in [-0.25, -0.2) is 4.79 Å². The van der Waals surface area contributed by atoms with Crippen LogP contribution < -0.4 is 5.32 Å². The Bertz CT molecular complexity index is 436. The van der Waals surface area contributed by atoms with Crippen LogP contribution in [-0.2, 0) is 4.57 Å². The second-order valence-electron chi connectivity index (χ2n) is 4.04. The third-order valence-corrected chi connectivity index (χ3v) is 3.31. The van der Waals surface area contributed by atoms with E-state index in [-0.39, 0.29) is 17.8 Å². The average Bonchev–Trinajstić information content (AvgIpc) is 2.34. The zero-order valence-electron chi connectivity index (χ0n) is 10.2. The summed E-state index contributed by atoms with van der Waals surface area (Å²) in [6.45, 7) is 2.56. The zero-order valence-corrected chi connectivity index (χ0v) is 11.1. The van der Waals surface area contributed by atoms with Crippen LogP contribution in [0.3, 0.4) is 0 Å². The second-order valence-corrected chi connectivity index (χ2v) is 5.19. The van der Waals surface area contributed by atoms with Gasteiger partial charge in [-0.15, -0.1) is 0 Å². The Morgan fingerprint density at radius 3 is 2.83 bits per heavy atom. The molecule has 0 saturated carbocycles. The van der Waals surface area contributed by atoms with Gasteiger partial charge in [-0.1, -0.05) is 12.1 Å². The Morgan fingerprint density at radius 1 is 1.50 bits per heavy atom. The standard InChI is InChI=1S/C12H16NO4P/c1-9(13-6-3-7-18(16)17)10-4-2-5-11(8-10)12(14)15/h2,4-5,8-9,13H,3,6-7H2,1H3,(H-,14,15,16,17)/p+1. The van der Waals surface area contributed by atoms with E-state index < -0.39 is 14.0 Å². The predicted octanol–water partition coefficient (Wildman–Crippen LogP) is 2.16. The van der Waals surface area contributed by atoms with Crippen molar-refractivity contribution in [2.75, 3.05) is 12.7 Å². The molecule has 2 unspecified atom stereocenters. The van der Waals surface area contributed by atoms with Crippen LogP contribution in [0.15, 0.2) is 24.3 Å². The fraction of sp³-hybridized carbons (Fsp3) is 0.417. The van der Waals surface area contributed by atoms with Gasteiger partial charge in [0.25, 0.3) is 0 Å². The van der Waals surface area contributed by atoms with E-state index in [1.165, 1.54) is 0 Å². The zero-order chi connectivity index (χ0) is 13.5. The van der Waals surface area contributed by atoms with E-state index in [1.807, 2.05) is 13.0 Å². The van der Waals surface area contributed by atoms with E-state index in [9.17, 15) is 9.36 Å². The summed E-state index contributed by atoms with van der Waals surface area (Å²) in [6, 6.07) is 6.76. The molecular weight excluding hydrogens is 253 g/mol. The van der Waals surface area contributed by atoms with Crippen molar-refractivity contribution in [2.45, 2.75) is 19.4 Å². The molecule has 0 aliphatic rings. The topological polar surface area (TPSA) is 86.6 Å². The molecule has 0 aromatic heterocycles. The van der Waals surface area contributed by atoms with Crippen LogP contribution in [0.5, 0.6) is 0 Å². The number of hydrogen-bond acceptors (Lipinski definition) is 3. The number of carbonyl (C=O) groups is 1. The number of benzene rings is 1. The van der Waals surface area contributed by atoms with Gasteiger partial charge in [0.05, 0.1) is 5.56 Å². The van der Waals surface area contributed by atoms with Gasteiger partial charge in [0, 0.05) is 12.5 Å². The van der Waals surface area contributed by atoms with Crippen molar-refractivity contribution in [3.63, 3.8) is 0 Å². The molecule has 3 N–H and O–H groups in total. The van der Waals surface area contributed by atoms with Crippen LogP contribution >= 0.6 is 8.03 Å². The smallest absolute Gasteiger partial charge is 0.478 e. The lowest BCUT2D eigenvalue weighted by Crippen LogP contribution is -2.20. The highest BCUT2D eigenvalue weighted by molar-refractivity contribution is 7.37. The van der Waals surface area contributed by atoms with Crippen LogP contribution in [0.25, 0.3) is 0 Å². The highest BCUT2D eigenvalue weighted by Crippen LogP contribution is 2.16. The van der Waals surface area contributed by atoms with Crippen molar-refractivity contribution in [3.05, 3.63) is 35.4 Å². The fourth-order valence-corrected chi connectivity index (χ4v) is 2.02. The molecular formula is C12H17NO4P+. The molecule has 0 aliphatic carbocycles. The summed E-state index contributed by atoms with van der Waals surface area (Å²) in [5.41, 5.74) is 1.16. The molecule has 0 aliphatic heterocycles. The van der Waals surface area contributed by atoms with Crippen LogP contribution in [0.4, 0.5) is 0 Å². The van der Waals surface area contributed by atoms with Gasteiger partial charge in [-0.05, 0) is 35.7 Å². The molecule has 1 aromatic rings. The largest absolute Gasteiger partial charge is 0.505 e. The molecule has 1 aromatic carbocycles. The van der Waals surface area contributed by atoms with Gasteiger partial charge >= 0.3 is 14.0 Å². The summed E-state index contributed by atoms with van der Waals surface area (Å²) in [5, 5.41) is 12.1. The van der Waals surface area contributed by atoms with Crippen LogP contribution in [0, 0.1) is 0 Å². The minimum absolute atomic E-state index is 0.0147. The van der Waals surface area contributed by atoms with Gasteiger partial charge in [-0.2, -0.15) is 4.89 Å². The maximum absolute atomic E-state index is 10.8. The quantitative estimate of drug-likeness (QED) is 0.522.